The Balaban J connectivity index is 2.68. The number of hydrogen-bond donors (Lipinski definition) is 4. The molecule has 0 saturated carbocycles. The average molecular weight is 306 g/mol. The maximum Gasteiger partial charge on any atom is 0.312 e. The molecule has 0 fully saturated rings. The Morgan fingerprint density at radius 2 is 2.05 bits per heavy atom. The fraction of sp³-hybridized carbons (Fsp3) is 0.500. The van der Waals surface area contributed by atoms with Crippen LogP contribution in [0.2, 0.25) is 0 Å². The molecule has 0 spiro atoms. The van der Waals surface area contributed by atoms with Crippen LogP contribution in [0.25, 0.3) is 0 Å². The molecule has 122 valence electrons. The minimum atomic E-state index is -0.683. The molecule has 6 nitrogen and oxygen atoms in total. The minimum absolute atomic E-state index is 0.243. The van der Waals surface area contributed by atoms with Gasteiger partial charge in [0, 0.05) is 12.2 Å². The molecule has 1 atom stereocenters. The van der Waals surface area contributed by atoms with E-state index in [9.17, 15) is 9.59 Å². The predicted molar refractivity (Wildman–Crippen MR) is 88.5 cm³/mol. The van der Waals surface area contributed by atoms with Crippen LogP contribution < -0.4 is 21.7 Å². The first-order valence-corrected chi connectivity index (χ1v) is 7.73. The highest BCUT2D eigenvalue weighted by Crippen LogP contribution is 2.12. The maximum atomic E-state index is 12.3. The first kappa shape index (κ1) is 18.0. The summed E-state index contributed by atoms with van der Waals surface area (Å²) in [6, 6.07) is 6.35. The third kappa shape index (κ3) is 6.58. The highest BCUT2D eigenvalue weighted by Gasteiger charge is 2.19. The molecule has 1 unspecified atom stereocenters. The summed E-state index contributed by atoms with van der Waals surface area (Å²) < 4.78 is 0. The highest BCUT2D eigenvalue weighted by atomic mass is 16.2. The predicted octanol–water partition coefficient (Wildman–Crippen LogP) is 1.96. The zero-order chi connectivity index (χ0) is 16.4. The van der Waals surface area contributed by atoms with E-state index in [0.717, 1.165) is 31.5 Å². The Kier molecular flexibility index (Phi) is 7.99. The molecule has 22 heavy (non-hydrogen) atoms. The van der Waals surface area contributed by atoms with Crippen LogP contribution in [0.4, 0.5) is 10.5 Å². The maximum absolute atomic E-state index is 12.3. The lowest BCUT2D eigenvalue weighted by atomic mass is 10.1. The summed E-state index contributed by atoms with van der Waals surface area (Å²) in [5, 5.41) is 8.57. The first-order valence-electron chi connectivity index (χ1n) is 7.73. The van der Waals surface area contributed by atoms with E-state index < -0.39 is 12.1 Å². The molecule has 1 rings (SSSR count). The molecule has 3 amide bonds. The van der Waals surface area contributed by atoms with Gasteiger partial charge in [-0.1, -0.05) is 38.8 Å². The van der Waals surface area contributed by atoms with Gasteiger partial charge < -0.3 is 21.7 Å². The number of carbonyl (C=O) groups excluding carboxylic acids is 2. The van der Waals surface area contributed by atoms with Crippen molar-refractivity contribution in [3.05, 3.63) is 29.8 Å². The van der Waals surface area contributed by atoms with E-state index in [1.165, 1.54) is 0 Å². The summed E-state index contributed by atoms with van der Waals surface area (Å²) in [5.41, 5.74) is 6.94. The van der Waals surface area contributed by atoms with Crippen LogP contribution in [0.5, 0.6) is 0 Å². The van der Waals surface area contributed by atoms with E-state index in [1.807, 2.05) is 38.1 Å². The molecule has 0 aromatic heterocycles. The van der Waals surface area contributed by atoms with Gasteiger partial charge in [-0.2, -0.15) is 0 Å². The van der Waals surface area contributed by atoms with Crippen molar-refractivity contribution in [1.82, 2.24) is 10.6 Å². The monoisotopic (exact) mass is 306 g/mol. The van der Waals surface area contributed by atoms with Crippen molar-refractivity contribution in [2.24, 2.45) is 5.73 Å². The molecule has 0 aliphatic heterocycles. The molecular formula is C16H26N4O2. The minimum Gasteiger partial charge on any atom is -0.352 e. The van der Waals surface area contributed by atoms with E-state index in [-0.39, 0.29) is 5.91 Å². The molecule has 1 aromatic rings. The Labute approximate surface area is 131 Å². The zero-order valence-corrected chi connectivity index (χ0v) is 13.3. The van der Waals surface area contributed by atoms with Gasteiger partial charge in [0.1, 0.15) is 6.04 Å². The summed E-state index contributed by atoms with van der Waals surface area (Å²) in [6.45, 7) is 5.71. The number of benzene rings is 1. The quantitative estimate of drug-likeness (QED) is 0.561. The van der Waals surface area contributed by atoms with Gasteiger partial charge in [-0.3, -0.25) is 4.79 Å². The third-order valence-electron chi connectivity index (χ3n) is 3.25. The van der Waals surface area contributed by atoms with Gasteiger partial charge in [-0.25, -0.2) is 4.79 Å². The van der Waals surface area contributed by atoms with Gasteiger partial charge in [-0.05, 0) is 30.7 Å². The van der Waals surface area contributed by atoms with Crippen LogP contribution in [0.1, 0.15) is 38.7 Å². The molecular weight excluding hydrogens is 280 g/mol. The number of unbranched alkanes of at least 4 members (excludes halogenated alkanes) is 1. The lowest BCUT2D eigenvalue weighted by Crippen LogP contribution is -2.46. The topological polar surface area (TPSA) is 96.2 Å². The van der Waals surface area contributed by atoms with E-state index in [0.29, 0.717) is 12.1 Å². The van der Waals surface area contributed by atoms with Crippen molar-refractivity contribution in [2.45, 2.75) is 45.7 Å². The largest absolute Gasteiger partial charge is 0.352 e. The number of urea groups is 1. The third-order valence-corrected chi connectivity index (χ3v) is 3.25. The van der Waals surface area contributed by atoms with E-state index in [4.69, 9.17) is 5.73 Å². The standard InChI is InChI=1S/C16H26N4O2/c1-3-5-9-14(20-16(17)22)15(21)19-13-8-6-7-12(10-13)11-18-4-2/h6-8,10,14,18H,3-5,9,11H2,1-2H3,(H,19,21)(H3,17,20,22). The van der Waals surface area contributed by atoms with Gasteiger partial charge in [0.2, 0.25) is 5.91 Å². The molecule has 1 aromatic carbocycles. The number of hydrogen-bond acceptors (Lipinski definition) is 3. The van der Waals surface area contributed by atoms with Crippen LogP contribution >= 0.6 is 0 Å². The van der Waals surface area contributed by atoms with Crippen molar-refractivity contribution < 1.29 is 9.59 Å². The lowest BCUT2D eigenvalue weighted by molar-refractivity contribution is -0.118. The number of primary amides is 1. The summed E-state index contributed by atoms with van der Waals surface area (Å²) >= 11 is 0. The average Bonchev–Trinajstić information content (AvgIpc) is 2.49. The molecule has 0 bridgehead atoms. The number of nitrogens with two attached hydrogens (primary N) is 1. The number of carbonyl (C=O) groups is 2. The lowest BCUT2D eigenvalue weighted by Gasteiger charge is -2.17. The van der Waals surface area contributed by atoms with Crippen LogP contribution in [0.15, 0.2) is 24.3 Å². The van der Waals surface area contributed by atoms with Crippen LogP contribution in [-0.4, -0.2) is 24.5 Å². The van der Waals surface area contributed by atoms with Crippen LogP contribution in [0, 0.1) is 0 Å². The summed E-state index contributed by atoms with van der Waals surface area (Å²) in [4.78, 5) is 23.3. The Morgan fingerprint density at radius 3 is 2.68 bits per heavy atom. The van der Waals surface area contributed by atoms with Crippen LogP contribution in [-0.2, 0) is 11.3 Å². The Morgan fingerprint density at radius 1 is 1.27 bits per heavy atom. The zero-order valence-electron chi connectivity index (χ0n) is 13.3. The SMILES string of the molecule is CCCCC(NC(N)=O)C(=O)Nc1cccc(CNCC)c1. The second-order valence-corrected chi connectivity index (χ2v) is 5.17. The fourth-order valence-corrected chi connectivity index (χ4v) is 2.11. The summed E-state index contributed by atoms with van der Waals surface area (Å²) in [5.74, 6) is -0.243. The number of rotatable bonds is 9. The molecule has 5 N–H and O–H groups in total. The first-order chi connectivity index (χ1) is 10.6. The molecule has 6 heteroatoms. The van der Waals surface area contributed by atoms with Crippen molar-refractivity contribution in [3.8, 4) is 0 Å². The smallest absolute Gasteiger partial charge is 0.312 e. The van der Waals surface area contributed by atoms with Gasteiger partial charge in [0.25, 0.3) is 0 Å². The normalized spacial score (nSPS) is 11.7. The summed E-state index contributed by atoms with van der Waals surface area (Å²) in [7, 11) is 0. The molecule has 0 saturated heterocycles. The van der Waals surface area contributed by atoms with E-state index in [1.54, 1.807) is 0 Å². The number of anilines is 1. The van der Waals surface area contributed by atoms with E-state index in [2.05, 4.69) is 16.0 Å². The highest BCUT2D eigenvalue weighted by molar-refractivity contribution is 5.96. The molecule has 0 aliphatic rings. The fourth-order valence-electron chi connectivity index (χ4n) is 2.11. The molecule has 0 radical (unpaired) electrons. The van der Waals surface area contributed by atoms with Crippen molar-refractivity contribution >= 4 is 17.6 Å². The second kappa shape index (κ2) is 9.78. The van der Waals surface area contributed by atoms with Gasteiger partial charge in [-0.15, -0.1) is 0 Å². The second-order valence-electron chi connectivity index (χ2n) is 5.17. The number of nitrogens with one attached hydrogen (secondary N) is 3. The van der Waals surface area contributed by atoms with Gasteiger partial charge in [0.05, 0.1) is 0 Å². The molecule has 0 heterocycles. The Bertz CT molecular complexity index is 491. The van der Waals surface area contributed by atoms with E-state index >= 15 is 0 Å². The van der Waals surface area contributed by atoms with Crippen LogP contribution in [0.3, 0.4) is 0 Å². The van der Waals surface area contributed by atoms with Crippen molar-refractivity contribution in [1.29, 1.82) is 0 Å². The van der Waals surface area contributed by atoms with Crippen molar-refractivity contribution in [3.63, 3.8) is 0 Å². The van der Waals surface area contributed by atoms with Crippen molar-refractivity contribution in [2.75, 3.05) is 11.9 Å². The Hall–Kier alpha value is -2.08. The molecule has 0 aliphatic carbocycles. The number of amides is 3. The van der Waals surface area contributed by atoms with Gasteiger partial charge in [0.15, 0.2) is 0 Å². The summed E-state index contributed by atoms with van der Waals surface area (Å²) in [6.07, 6.45) is 2.36. The van der Waals surface area contributed by atoms with Gasteiger partial charge >= 0.3 is 6.03 Å².